The van der Waals surface area contributed by atoms with Gasteiger partial charge in [-0.3, -0.25) is 0 Å². The quantitative estimate of drug-likeness (QED) is 0.357. The fraction of sp³-hybridized carbons (Fsp3) is 0.615. The molecule has 1 aliphatic rings. The molecule has 0 bridgehead atoms. The first-order valence-corrected chi connectivity index (χ1v) is 14.1. The topological polar surface area (TPSA) is 29.5 Å². The number of aliphatic hydroxyl groups excluding tert-OH is 1. The molecule has 1 N–H and O–H groups in total. The van der Waals surface area contributed by atoms with Crippen molar-refractivity contribution < 1.29 is 9.53 Å². The zero-order chi connectivity index (χ0) is 21.7. The minimum Gasteiger partial charge on any atom is -0.411 e. The van der Waals surface area contributed by atoms with Gasteiger partial charge in [0, 0.05) is 0 Å². The minimum atomic E-state index is -1.86. The molecule has 3 heteroatoms. The summed E-state index contributed by atoms with van der Waals surface area (Å²) in [5.74, 6) is 1.17. The summed E-state index contributed by atoms with van der Waals surface area (Å²) in [5.41, 5.74) is 1.36. The molecule has 0 heterocycles. The Morgan fingerprint density at radius 3 is 2.48 bits per heavy atom. The third-order valence-electron chi connectivity index (χ3n) is 7.06. The molecule has 29 heavy (non-hydrogen) atoms. The average Bonchev–Trinajstić information content (AvgIpc) is 2.90. The van der Waals surface area contributed by atoms with E-state index >= 15 is 0 Å². The summed E-state index contributed by atoms with van der Waals surface area (Å²) in [7, 11) is -1.86. The highest BCUT2D eigenvalue weighted by Crippen LogP contribution is 2.41. The molecule has 0 aliphatic heterocycles. The second kappa shape index (κ2) is 10.2. The lowest BCUT2D eigenvalue weighted by molar-refractivity contribution is 0.125. The van der Waals surface area contributed by atoms with E-state index in [1.165, 1.54) is 5.56 Å². The van der Waals surface area contributed by atoms with Crippen molar-refractivity contribution in [2.45, 2.75) is 83.7 Å². The van der Waals surface area contributed by atoms with Crippen molar-refractivity contribution in [1.29, 1.82) is 0 Å². The van der Waals surface area contributed by atoms with Gasteiger partial charge >= 0.3 is 0 Å². The molecular weight excluding hydrogens is 372 g/mol. The van der Waals surface area contributed by atoms with E-state index in [1.54, 1.807) is 0 Å². The maximum absolute atomic E-state index is 10.5. The minimum absolute atomic E-state index is 0.116. The van der Waals surface area contributed by atoms with Crippen LogP contribution in [0.2, 0.25) is 18.1 Å². The predicted molar refractivity (Wildman–Crippen MR) is 128 cm³/mol. The molecule has 1 aromatic carbocycles. The van der Waals surface area contributed by atoms with Gasteiger partial charge in [0.05, 0.1) is 12.2 Å². The number of aliphatic hydroxyl groups is 1. The number of allylic oxidation sites excluding steroid dienone is 2. The van der Waals surface area contributed by atoms with Crippen molar-refractivity contribution in [2.75, 3.05) is 0 Å². The van der Waals surface area contributed by atoms with Gasteiger partial charge in [0.15, 0.2) is 8.32 Å². The van der Waals surface area contributed by atoms with E-state index in [2.05, 4.69) is 89.9 Å². The molecule has 0 aromatic heterocycles. The van der Waals surface area contributed by atoms with Crippen LogP contribution in [0.5, 0.6) is 0 Å². The molecular formula is C26H42O2Si. The maximum Gasteiger partial charge on any atom is 0.192 e. The van der Waals surface area contributed by atoms with Gasteiger partial charge in [0.25, 0.3) is 0 Å². The van der Waals surface area contributed by atoms with Crippen LogP contribution in [-0.2, 0) is 10.8 Å². The zero-order valence-electron chi connectivity index (χ0n) is 19.4. The van der Waals surface area contributed by atoms with Gasteiger partial charge in [-0.05, 0) is 67.1 Å². The summed E-state index contributed by atoms with van der Waals surface area (Å²) in [6.07, 6.45) is 10.3. The summed E-state index contributed by atoms with van der Waals surface area (Å²) in [5, 5.41) is 10.7. The molecule has 0 unspecified atom stereocenters. The highest BCUT2D eigenvalue weighted by atomic mass is 28.4. The molecule has 0 radical (unpaired) electrons. The van der Waals surface area contributed by atoms with Gasteiger partial charge in [-0.1, -0.05) is 76.3 Å². The smallest absolute Gasteiger partial charge is 0.192 e. The molecule has 1 aliphatic carbocycles. The van der Waals surface area contributed by atoms with E-state index in [0.29, 0.717) is 11.8 Å². The van der Waals surface area contributed by atoms with Crippen LogP contribution in [0.3, 0.4) is 0 Å². The lowest BCUT2D eigenvalue weighted by Crippen LogP contribution is -2.43. The number of hydrogen-bond acceptors (Lipinski definition) is 2. The summed E-state index contributed by atoms with van der Waals surface area (Å²) in [4.78, 5) is 0. The maximum atomic E-state index is 10.5. The summed E-state index contributed by atoms with van der Waals surface area (Å²) in [6.45, 7) is 17.7. The van der Waals surface area contributed by atoms with Crippen molar-refractivity contribution in [1.82, 2.24) is 0 Å². The third kappa shape index (κ3) is 6.67. The van der Waals surface area contributed by atoms with Crippen molar-refractivity contribution >= 4 is 8.32 Å². The number of benzene rings is 1. The Balaban J connectivity index is 2.17. The van der Waals surface area contributed by atoms with Crippen LogP contribution in [0.4, 0.5) is 0 Å². The standard InChI is InChI=1S/C26H42O2Si/c1-8-12-24-23(20(2)19-25(24)27)18-17-22(28-29(6,7)26(3,4)5)16-15-21-13-10-9-11-14-21/h8-11,13-14,17-18,20,22-25,27H,1,12,15-16,19H2,2-7H3/b18-17+/t20-,22+,23+,24-,25+/m1/s1. The van der Waals surface area contributed by atoms with Crippen LogP contribution in [0.25, 0.3) is 0 Å². The van der Waals surface area contributed by atoms with Gasteiger partial charge < -0.3 is 9.53 Å². The lowest BCUT2D eigenvalue weighted by Gasteiger charge is -2.39. The third-order valence-corrected chi connectivity index (χ3v) is 11.6. The Morgan fingerprint density at radius 2 is 1.90 bits per heavy atom. The first-order chi connectivity index (χ1) is 13.5. The Morgan fingerprint density at radius 1 is 1.24 bits per heavy atom. The highest BCUT2D eigenvalue weighted by molar-refractivity contribution is 6.74. The largest absolute Gasteiger partial charge is 0.411 e. The molecule has 162 valence electrons. The van der Waals surface area contributed by atoms with E-state index < -0.39 is 8.32 Å². The SMILES string of the molecule is C=CC[C@@H]1[C@@H](/C=C/[C@H](CCc2ccccc2)O[Si](C)(C)C(C)(C)C)[C@H](C)C[C@@H]1O. The van der Waals surface area contributed by atoms with E-state index in [4.69, 9.17) is 4.43 Å². The fourth-order valence-corrected chi connectivity index (χ4v) is 5.49. The molecule has 1 saturated carbocycles. The first-order valence-electron chi connectivity index (χ1n) is 11.2. The summed E-state index contributed by atoms with van der Waals surface area (Å²) in [6, 6.07) is 10.7. The van der Waals surface area contributed by atoms with Crippen LogP contribution in [0.1, 0.15) is 52.5 Å². The molecule has 0 amide bonds. The molecule has 1 aromatic rings. The monoisotopic (exact) mass is 414 g/mol. The Bertz CT molecular complexity index is 659. The second-order valence-corrected chi connectivity index (χ2v) is 15.1. The number of aryl methyl sites for hydroxylation is 1. The van der Waals surface area contributed by atoms with Crippen LogP contribution in [0.15, 0.2) is 55.1 Å². The highest BCUT2D eigenvalue weighted by Gasteiger charge is 2.40. The molecule has 5 atom stereocenters. The van der Waals surface area contributed by atoms with Gasteiger partial charge in [-0.25, -0.2) is 0 Å². The molecule has 2 nitrogen and oxygen atoms in total. The summed E-state index contributed by atoms with van der Waals surface area (Å²) < 4.78 is 6.81. The molecule has 0 saturated heterocycles. The van der Waals surface area contributed by atoms with E-state index in [9.17, 15) is 5.11 Å². The average molecular weight is 415 g/mol. The van der Waals surface area contributed by atoms with Gasteiger partial charge in [0.2, 0.25) is 0 Å². The normalized spacial score (nSPS) is 26.7. The van der Waals surface area contributed by atoms with Crippen LogP contribution in [-0.4, -0.2) is 25.6 Å². The van der Waals surface area contributed by atoms with Gasteiger partial charge in [-0.2, -0.15) is 0 Å². The van der Waals surface area contributed by atoms with E-state index in [-0.39, 0.29) is 23.2 Å². The van der Waals surface area contributed by atoms with Crippen molar-refractivity contribution in [3.63, 3.8) is 0 Å². The van der Waals surface area contributed by atoms with E-state index in [1.807, 2.05) is 6.08 Å². The molecule has 2 rings (SSSR count). The van der Waals surface area contributed by atoms with Crippen molar-refractivity contribution in [2.24, 2.45) is 17.8 Å². The number of hydrogen-bond donors (Lipinski definition) is 1. The second-order valence-electron chi connectivity index (χ2n) is 10.4. The van der Waals surface area contributed by atoms with E-state index in [0.717, 1.165) is 25.7 Å². The van der Waals surface area contributed by atoms with Gasteiger partial charge in [0.1, 0.15) is 0 Å². The lowest BCUT2D eigenvalue weighted by atomic mass is 9.87. The molecule has 1 fully saturated rings. The predicted octanol–water partition coefficient (Wildman–Crippen LogP) is 6.78. The zero-order valence-corrected chi connectivity index (χ0v) is 20.4. The Hall–Kier alpha value is -1.16. The Labute approximate surface area is 180 Å². The first kappa shape index (κ1) is 24.1. The fourth-order valence-electron chi connectivity index (χ4n) is 4.19. The van der Waals surface area contributed by atoms with Crippen molar-refractivity contribution in [3.8, 4) is 0 Å². The van der Waals surface area contributed by atoms with Crippen LogP contribution >= 0.6 is 0 Å². The number of rotatable bonds is 9. The van der Waals surface area contributed by atoms with Crippen molar-refractivity contribution in [3.05, 3.63) is 60.7 Å². The Kier molecular flexibility index (Phi) is 8.51. The van der Waals surface area contributed by atoms with Gasteiger partial charge in [-0.15, -0.1) is 6.58 Å². The summed E-state index contributed by atoms with van der Waals surface area (Å²) >= 11 is 0. The molecule has 0 spiro atoms. The van der Waals surface area contributed by atoms with Crippen LogP contribution in [0, 0.1) is 17.8 Å². The van der Waals surface area contributed by atoms with Crippen LogP contribution < -0.4 is 0 Å².